The fourth-order valence-corrected chi connectivity index (χ4v) is 3.34. The van der Waals surface area contributed by atoms with Crippen molar-refractivity contribution in [2.75, 3.05) is 31.1 Å². The highest BCUT2D eigenvalue weighted by Gasteiger charge is 2.31. The van der Waals surface area contributed by atoms with E-state index in [0.29, 0.717) is 17.9 Å². The summed E-state index contributed by atoms with van der Waals surface area (Å²) in [6.45, 7) is 4.93. The fraction of sp³-hybridized carbons (Fsp3) is 0.900. The van der Waals surface area contributed by atoms with Gasteiger partial charge in [0.1, 0.15) is 0 Å². The number of nitrogens with one attached hydrogen (secondary N) is 1. The number of thioether (sulfide) groups is 1. The second-order valence-electron chi connectivity index (χ2n) is 4.15. The molecule has 2 heterocycles. The first-order chi connectivity index (χ1) is 6.79. The molecule has 0 aromatic rings. The highest BCUT2D eigenvalue weighted by atomic mass is 32.2. The van der Waals surface area contributed by atoms with E-state index in [1.165, 1.54) is 0 Å². The van der Waals surface area contributed by atoms with E-state index < -0.39 is 0 Å². The van der Waals surface area contributed by atoms with Crippen molar-refractivity contribution in [1.82, 2.24) is 10.2 Å². The van der Waals surface area contributed by atoms with Crippen LogP contribution >= 0.6 is 11.8 Å². The van der Waals surface area contributed by atoms with Gasteiger partial charge in [-0.3, -0.25) is 4.79 Å². The molecular weight excluding hydrogens is 196 g/mol. The molecule has 2 saturated heterocycles. The highest BCUT2D eigenvalue weighted by Crippen LogP contribution is 2.25. The van der Waals surface area contributed by atoms with E-state index in [4.69, 9.17) is 0 Å². The summed E-state index contributed by atoms with van der Waals surface area (Å²) in [6, 6.07) is 0.377. The molecule has 1 unspecified atom stereocenters. The van der Waals surface area contributed by atoms with Gasteiger partial charge in [-0.25, -0.2) is 0 Å². The predicted molar refractivity (Wildman–Crippen MR) is 59.5 cm³/mol. The highest BCUT2D eigenvalue weighted by molar-refractivity contribution is 7.99. The van der Waals surface area contributed by atoms with E-state index in [9.17, 15) is 4.79 Å². The molecule has 2 fully saturated rings. The lowest BCUT2D eigenvalue weighted by Gasteiger charge is -2.35. The third-order valence-corrected chi connectivity index (χ3v) is 4.23. The molecule has 0 saturated carbocycles. The van der Waals surface area contributed by atoms with Gasteiger partial charge >= 0.3 is 0 Å². The quantitative estimate of drug-likeness (QED) is 0.692. The maximum absolute atomic E-state index is 12.1. The normalized spacial score (nSPS) is 33.4. The number of rotatable bonds is 1. The Morgan fingerprint density at radius 3 is 3.07 bits per heavy atom. The molecule has 0 radical (unpaired) electrons. The standard InChI is InChI=1S/C10H18N2OS/c1-8-6-11-3-4-12(8)10(13)9-2-5-14-7-9/h8-9,11H,2-7H2,1H3/t8-,9?/m0/s1. The van der Waals surface area contributed by atoms with E-state index >= 15 is 0 Å². The molecule has 1 amide bonds. The Bertz CT molecular complexity index is 216. The van der Waals surface area contributed by atoms with Crippen LogP contribution in [0.5, 0.6) is 0 Å². The van der Waals surface area contributed by atoms with Gasteiger partial charge in [-0.15, -0.1) is 0 Å². The summed E-state index contributed by atoms with van der Waals surface area (Å²) in [7, 11) is 0. The van der Waals surface area contributed by atoms with E-state index in [1.807, 2.05) is 11.8 Å². The number of carbonyl (C=O) groups excluding carboxylic acids is 1. The van der Waals surface area contributed by atoms with Crippen LogP contribution in [-0.4, -0.2) is 48.0 Å². The number of piperazine rings is 1. The van der Waals surface area contributed by atoms with Crippen LogP contribution in [0.4, 0.5) is 0 Å². The Morgan fingerprint density at radius 1 is 1.57 bits per heavy atom. The zero-order valence-corrected chi connectivity index (χ0v) is 9.48. The molecule has 0 spiro atoms. The molecule has 14 heavy (non-hydrogen) atoms. The number of hydrogen-bond acceptors (Lipinski definition) is 3. The van der Waals surface area contributed by atoms with Crippen LogP contribution in [-0.2, 0) is 4.79 Å². The molecule has 2 aliphatic heterocycles. The number of nitrogens with zero attached hydrogens (tertiary/aromatic N) is 1. The first-order valence-electron chi connectivity index (χ1n) is 5.38. The van der Waals surface area contributed by atoms with Crippen LogP contribution in [0.25, 0.3) is 0 Å². The average molecular weight is 214 g/mol. The second kappa shape index (κ2) is 4.53. The van der Waals surface area contributed by atoms with Crippen LogP contribution in [0.3, 0.4) is 0 Å². The third kappa shape index (κ3) is 2.06. The first kappa shape index (κ1) is 10.3. The number of carbonyl (C=O) groups is 1. The van der Waals surface area contributed by atoms with Gasteiger partial charge in [0.2, 0.25) is 5.91 Å². The van der Waals surface area contributed by atoms with Crippen LogP contribution < -0.4 is 5.32 Å². The minimum absolute atomic E-state index is 0.306. The zero-order chi connectivity index (χ0) is 9.97. The van der Waals surface area contributed by atoms with Gasteiger partial charge in [0.15, 0.2) is 0 Å². The van der Waals surface area contributed by atoms with Crippen molar-refractivity contribution in [3.63, 3.8) is 0 Å². The van der Waals surface area contributed by atoms with Gasteiger partial charge < -0.3 is 10.2 Å². The molecule has 3 nitrogen and oxygen atoms in total. The molecule has 80 valence electrons. The largest absolute Gasteiger partial charge is 0.337 e. The lowest BCUT2D eigenvalue weighted by atomic mass is 10.1. The van der Waals surface area contributed by atoms with Crippen LogP contribution in [0.2, 0.25) is 0 Å². The maximum Gasteiger partial charge on any atom is 0.226 e. The number of hydrogen-bond donors (Lipinski definition) is 1. The van der Waals surface area contributed by atoms with Gasteiger partial charge in [-0.2, -0.15) is 11.8 Å². The Hall–Kier alpha value is -0.220. The minimum Gasteiger partial charge on any atom is -0.337 e. The molecule has 2 atom stereocenters. The minimum atomic E-state index is 0.306. The summed E-state index contributed by atoms with van der Waals surface area (Å²) in [4.78, 5) is 14.2. The first-order valence-corrected chi connectivity index (χ1v) is 6.53. The smallest absolute Gasteiger partial charge is 0.226 e. The molecular formula is C10H18N2OS. The molecule has 0 aliphatic carbocycles. The van der Waals surface area contributed by atoms with Crippen molar-refractivity contribution in [2.45, 2.75) is 19.4 Å². The molecule has 1 N–H and O–H groups in total. The van der Waals surface area contributed by atoms with Crippen LogP contribution in [0, 0.1) is 5.92 Å². The van der Waals surface area contributed by atoms with Crippen LogP contribution in [0.1, 0.15) is 13.3 Å². The van der Waals surface area contributed by atoms with Crippen molar-refractivity contribution in [2.24, 2.45) is 5.92 Å². The summed E-state index contributed by atoms with van der Waals surface area (Å²) >= 11 is 1.91. The van der Waals surface area contributed by atoms with Gasteiger partial charge in [0, 0.05) is 37.3 Å². The van der Waals surface area contributed by atoms with Crippen molar-refractivity contribution >= 4 is 17.7 Å². The topological polar surface area (TPSA) is 32.3 Å². The summed E-state index contributed by atoms with van der Waals surface area (Å²) in [5.74, 6) is 2.90. The Labute approximate surface area is 89.6 Å². The fourth-order valence-electron chi connectivity index (χ4n) is 2.13. The number of amides is 1. The van der Waals surface area contributed by atoms with Crippen LogP contribution in [0.15, 0.2) is 0 Å². The van der Waals surface area contributed by atoms with Crippen molar-refractivity contribution < 1.29 is 4.79 Å². The van der Waals surface area contributed by atoms with E-state index in [2.05, 4.69) is 17.1 Å². The Morgan fingerprint density at radius 2 is 2.43 bits per heavy atom. The Balaban J connectivity index is 1.94. The molecule has 0 aromatic heterocycles. The SMILES string of the molecule is C[C@H]1CNCCN1C(=O)C1CCSC1. The lowest BCUT2D eigenvalue weighted by Crippen LogP contribution is -2.53. The van der Waals surface area contributed by atoms with E-state index in [1.54, 1.807) is 0 Å². The molecule has 4 heteroatoms. The molecule has 2 rings (SSSR count). The van der Waals surface area contributed by atoms with Gasteiger partial charge in [-0.05, 0) is 19.1 Å². The summed E-state index contributed by atoms with van der Waals surface area (Å²) in [6.07, 6.45) is 1.08. The molecule has 0 aromatic carbocycles. The average Bonchev–Trinajstić information content (AvgIpc) is 2.70. The van der Waals surface area contributed by atoms with Gasteiger partial charge in [-0.1, -0.05) is 0 Å². The van der Waals surface area contributed by atoms with E-state index in [0.717, 1.165) is 37.6 Å². The molecule has 0 bridgehead atoms. The van der Waals surface area contributed by atoms with Crippen molar-refractivity contribution in [3.05, 3.63) is 0 Å². The zero-order valence-electron chi connectivity index (χ0n) is 8.66. The Kier molecular flexibility index (Phi) is 3.34. The summed E-state index contributed by atoms with van der Waals surface area (Å²) in [5.41, 5.74) is 0. The van der Waals surface area contributed by atoms with Crippen molar-refractivity contribution in [3.8, 4) is 0 Å². The molecule has 2 aliphatic rings. The third-order valence-electron chi connectivity index (χ3n) is 3.06. The van der Waals surface area contributed by atoms with E-state index in [-0.39, 0.29) is 0 Å². The van der Waals surface area contributed by atoms with Crippen molar-refractivity contribution in [1.29, 1.82) is 0 Å². The predicted octanol–water partition coefficient (Wildman–Crippen LogP) is 0.560. The lowest BCUT2D eigenvalue weighted by molar-refractivity contribution is -0.137. The summed E-state index contributed by atoms with van der Waals surface area (Å²) < 4.78 is 0. The van der Waals surface area contributed by atoms with Gasteiger partial charge in [0.25, 0.3) is 0 Å². The van der Waals surface area contributed by atoms with Gasteiger partial charge in [0.05, 0.1) is 0 Å². The maximum atomic E-state index is 12.1. The summed E-state index contributed by atoms with van der Waals surface area (Å²) in [5, 5.41) is 3.31. The monoisotopic (exact) mass is 214 g/mol. The second-order valence-corrected chi connectivity index (χ2v) is 5.30.